The largest absolute Gasteiger partial charge is 0.299 e. The Morgan fingerprint density at radius 3 is 2.90 bits per heavy atom. The molecular formula is C18H25NO. The minimum Gasteiger partial charge on any atom is -0.299 e. The number of pyridine rings is 1. The van der Waals surface area contributed by atoms with Gasteiger partial charge in [-0.3, -0.25) is 9.78 Å². The number of carbonyl (C=O) groups is 1. The van der Waals surface area contributed by atoms with Gasteiger partial charge in [-0.25, -0.2) is 0 Å². The molecule has 2 unspecified atom stereocenters. The number of Topliss-reactive ketones (excluding diaryl/α,β-unsaturated/α-hetero) is 1. The van der Waals surface area contributed by atoms with Crippen LogP contribution in [0.3, 0.4) is 0 Å². The van der Waals surface area contributed by atoms with E-state index in [1.54, 1.807) is 0 Å². The molecule has 20 heavy (non-hydrogen) atoms. The summed E-state index contributed by atoms with van der Waals surface area (Å²) in [7, 11) is 0. The lowest BCUT2D eigenvalue weighted by atomic mass is 9.64. The minimum absolute atomic E-state index is 0.0577. The molecule has 0 bridgehead atoms. The number of nitrogens with zero attached hydrogens (tertiary/aromatic N) is 1. The predicted octanol–water partition coefficient (Wildman–Crippen LogP) is 4.29. The fraction of sp³-hybridized carbons (Fsp3) is 0.667. The van der Waals surface area contributed by atoms with Crippen LogP contribution >= 0.6 is 0 Å². The molecule has 1 fully saturated rings. The van der Waals surface area contributed by atoms with Gasteiger partial charge in [-0.15, -0.1) is 0 Å². The Morgan fingerprint density at radius 1 is 1.25 bits per heavy atom. The molecule has 2 heteroatoms. The van der Waals surface area contributed by atoms with Gasteiger partial charge in [-0.1, -0.05) is 32.8 Å². The second-order valence-corrected chi connectivity index (χ2v) is 7.18. The molecule has 108 valence electrons. The summed E-state index contributed by atoms with van der Waals surface area (Å²) in [6.07, 6.45) is 9.79. The summed E-state index contributed by atoms with van der Waals surface area (Å²) < 4.78 is 0. The van der Waals surface area contributed by atoms with Crippen molar-refractivity contribution in [3.63, 3.8) is 0 Å². The maximum absolute atomic E-state index is 13.1. The standard InChI is InChI=1S/C18H25NO/c1-18(2)11-4-3-10-15(18)17(20)14-9-5-7-13-8-6-12-19-16(13)14/h6,8,12,14-15H,3-5,7,9-11H2,1-2H3. The molecule has 2 nitrogen and oxygen atoms in total. The topological polar surface area (TPSA) is 30.0 Å². The number of fused-ring (bicyclic) bond motifs is 1. The number of aryl methyl sites for hydroxylation is 1. The van der Waals surface area contributed by atoms with E-state index in [2.05, 4.69) is 24.9 Å². The maximum Gasteiger partial charge on any atom is 0.145 e. The first-order valence-corrected chi connectivity index (χ1v) is 8.07. The van der Waals surface area contributed by atoms with E-state index in [0.717, 1.165) is 31.4 Å². The van der Waals surface area contributed by atoms with Crippen molar-refractivity contribution < 1.29 is 4.79 Å². The first kappa shape index (κ1) is 13.8. The Labute approximate surface area is 122 Å². The van der Waals surface area contributed by atoms with Crippen LogP contribution < -0.4 is 0 Å². The molecule has 2 atom stereocenters. The number of ketones is 1. The normalized spacial score (nSPS) is 28.7. The number of carbonyl (C=O) groups excluding carboxylic acids is 1. The molecule has 1 aromatic rings. The summed E-state index contributed by atoms with van der Waals surface area (Å²) in [6, 6.07) is 4.14. The van der Waals surface area contributed by atoms with Crippen LogP contribution in [0.15, 0.2) is 18.3 Å². The molecule has 0 spiro atoms. The first-order chi connectivity index (χ1) is 9.59. The SMILES string of the molecule is CC1(C)CCCCC1C(=O)C1CCCc2cccnc21. The Kier molecular flexibility index (Phi) is 3.66. The molecule has 1 heterocycles. The van der Waals surface area contributed by atoms with Gasteiger partial charge < -0.3 is 0 Å². The van der Waals surface area contributed by atoms with Crippen LogP contribution in [0, 0.1) is 11.3 Å². The van der Waals surface area contributed by atoms with Crippen LogP contribution in [-0.4, -0.2) is 10.8 Å². The fourth-order valence-electron chi connectivity index (χ4n) is 4.15. The van der Waals surface area contributed by atoms with Crippen LogP contribution in [0.4, 0.5) is 0 Å². The molecule has 3 rings (SSSR count). The van der Waals surface area contributed by atoms with Gasteiger partial charge in [0.05, 0.1) is 11.6 Å². The third-order valence-electron chi connectivity index (χ3n) is 5.39. The summed E-state index contributed by atoms with van der Waals surface area (Å²) in [4.78, 5) is 17.6. The van der Waals surface area contributed by atoms with E-state index in [1.807, 2.05) is 12.3 Å². The van der Waals surface area contributed by atoms with E-state index >= 15 is 0 Å². The van der Waals surface area contributed by atoms with Crippen LogP contribution in [0.2, 0.25) is 0 Å². The first-order valence-electron chi connectivity index (χ1n) is 8.07. The Hall–Kier alpha value is -1.18. The van der Waals surface area contributed by atoms with Gasteiger partial charge in [0.25, 0.3) is 0 Å². The van der Waals surface area contributed by atoms with Gasteiger partial charge in [0, 0.05) is 12.1 Å². The van der Waals surface area contributed by atoms with Crippen LogP contribution in [0.5, 0.6) is 0 Å². The quantitative estimate of drug-likeness (QED) is 0.803. The lowest BCUT2D eigenvalue weighted by Gasteiger charge is -2.40. The zero-order chi connectivity index (χ0) is 14.2. The van der Waals surface area contributed by atoms with Gasteiger partial charge in [0.1, 0.15) is 5.78 Å². The van der Waals surface area contributed by atoms with Gasteiger partial charge in [0.15, 0.2) is 0 Å². The van der Waals surface area contributed by atoms with E-state index in [9.17, 15) is 4.79 Å². The maximum atomic E-state index is 13.1. The van der Waals surface area contributed by atoms with Crippen molar-refractivity contribution in [2.75, 3.05) is 0 Å². The molecule has 0 aromatic carbocycles. The van der Waals surface area contributed by atoms with Crippen LogP contribution in [-0.2, 0) is 11.2 Å². The van der Waals surface area contributed by atoms with Crippen molar-refractivity contribution in [1.29, 1.82) is 0 Å². The van der Waals surface area contributed by atoms with Crippen molar-refractivity contribution in [1.82, 2.24) is 4.98 Å². The van der Waals surface area contributed by atoms with Gasteiger partial charge in [-0.05, 0) is 49.1 Å². The Bertz CT molecular complexity index is 506. The zero-order valence-electron chi connectivity index (χ0n) is 12.7. The molecule has 0 amide bonds. The average molecular weight is 271 g/mol. The molecule has 0 radical (unpaired) electrons. The minimum atomic E-state index is 0.0577. The summed E-state index contributed by atoms with van der Waals surface area (Å²) >= 11 is 0. The summed E-state index contributed by atoms with van der Waals surface area (Å²) in [5.41, 5.74) is 2.54. The molecule has 0 saturated heterocycles. The molecule has 0 N–H and O–H groups in total. The van der Waals surface area contributed by atoms with E-state index < -0.39 is 0 Å². The number of hydrogen-bond acceptors (Lipinski definition) is 2. The third kappa shape index (κ3) is 2.41. The van der Waals surface area contributed by atoms with Crippen molar-refractivity contribution in [2.24, 2.45) is 11.3 Å². The highest BCUT2D eigenvalue weighted by Crippen LogP contribution is 2.45. The van der Waals surface area contributed by atoms with E-state index in [0.29, 0.717) is 5.78 Å². The van der Waals surface area contributed by atoms with Crippen molar-refractivity contribution in [3.8, 4) is 0 Å². The number of rotatable bonds is 2. The van der Waals surface area contributed by atoms with Crippen molar-refractivity contribution >= 4 is 5.78 Å². The molecule has 0 aliphatic heterocycles. The van der Waals surface area contributed by atoms with E-state index in [1.165, 1.54) is 24.8 Å². The highest BCUT2D eigenvalue weighted by molar-refractivity contribution is 5.88. The highest BCUT2D eigenvalue weighted by Gasteiger charge is 2.41. The third-order valence-corrected chi connectivity index (χ3v) is 5.39. The Morgan fingerprint density at radius 2 is 2.10 bits per heavy atom. The fourth-order valence-corrected chi connectivity index (χ4v) is 4.15. The highest BCUT2D eigenvalue weighted by atomic mass is 16.1. The van der Waals surface area contributed by atoms with Crippen LogP contribution in [0.1, 0.15) is 69.5 Å². The van der Waals surface area contributed by atoms with E-state index in [-0.39, 0.29) is 17.3 Å². The lowest BCUT2D eigenvalue weighted by Crippen LogP contribution is -2.37. The van der Waals surface area contributed by atoms with Crippen LogP contribution in [0.25, 0.3) is 0 Å². The predicted molar refractivity (Wildman–Crippen MR) is 80.7 cm³/mol. The second kappa shape index (κ2) is 5.31. The second-order valence-electron chi connectivity index (χ2n) is 7.18. The lowest BCUT2D eigenvalue weighted by molar-refractivity contribution is -0.130. The van der Waals surface area contributed by atoms with E-state index in [4.69, 9.17) is 0 Å². The Balaban J connectivity index is 1.88. The molecule has 1 aromatic heterocycles. The number of hydrogen-bond donors (Lipinski definition) is 0. The zero-order valence-corrected chi connectivity index (χ0v) is 12.7. The smallest absolute Gasteiger partial charge is 0.145 e. The molecular weight excluding hydrogens is 246 g/mol. The molecule has 1 saturated carbocycles. The van der Waals surface area contributed by atoms with Gasteiger partial charge >= 0.3 is 0 Å². The van der Waals surface area contributed by atoms with Gasteiger partial charge in [0.2, 0.25) is 0 Å². The summed E-state index contributed by atoms with van der Waals surface area (Å²) in [5, 5.41) is 0. The summed E-state index contributed by atoms with van der Waals surface area (Å²) in [6.45, 7) is 4.55. The monoisotopic (exact) mass is 271 g/mol. The molecule has 2 aliphatic rings. The number of aromatic nitrogens is 1. The van der Waals surface area contributed by atoms with Crippen molar-refractivity contribution in [3.05, 3.63) is 29.6 Å². The van der Waals surface area contributed by atoms with Crippen molar-refractivity contribution in [2.45, 2.75) is 64.7 Å². The summed E-state index contributed by atoms with van der Waals surface area (Å²) in [5.74, 6) is 0.755. The average Bonchev–Trinajstić information content (AvgIpc) is 2.45. The molecule has 2 aliphatic carbocycles. The van der Waals surface area contributed by atoms with Gasteiger partial charge in [-0.2, -0.15) is 0 Å².